The number of thioether (sulfide) groups is 1. The van der Waals surface area contributed by atoms with E-state index in [0.29, 0.717) is 5.25 Å². The lowest BCUT2D eigenvalue weighted by atomic mass is 10.1. The van der Waals surface area contributed by atoms with Gasteiger partial charge in [-0.2, -0.15) is 11.8 Å². The van der Waals surface area contributed by atoms with Crippen molar-refractivity contribution in [2.45, 2.75) is 24.5 Å². The van der Waals surface area contributed by atoms with E-state index in [1.165, 1.54) is 18.6 Å². The molecule has 0 amide bonds. The van der Waals surface area contributed by atoms with E-state index in [0.717, 1.165) is 48.3 Å². The van der Waals surface area contributed by atoms with Gasteiger partial charge in [-0.1, -0.05) is 0 Å². The molecule has 0 saturated carbocycles. The summed E-state index contributed by atoms with van der Waals surface area (Å²) >= 11 is 2.04. The van der Waals surface area contributed by atoms with Crippen molar-refractivity contribution in [1.29, 1.82) is 0 Å². The first-order chi connectivity index (χ1) is 12.2. The van der Waals surface area contributed by atoms with Gasteiger partial charge in [-0.3, -0.25) is 4.99 Å². The van der Waals surface area contributed by atoms with E-state index in [9.17, 15) is 0 Å². The maximum atomic E-state index is 5.49. The van der Waals surface area contributed by atoms with Crippen molar-refractivity contribution in [2.24, 2.45) is 4.99 Å². The molecule has 1 atom stereocenters. The van der Waals surface area contributed by atoms with E-state index < -0.39 is 0 Å². The molecule has 1 aromatic carbocycles. The van der Waals surface area contributed by atoms with Crippen molar-refractivity contribution in [3.05, 3.63) is 17.7 Å². The molecule has 0 radical (unpaired) electrons. The van der Waals surface area contributed by atoms with Crippen molar-refractivity contribution in [1.82, 2.24) is 10.6 Å². The molecule has 1 saturated heterocycles. The van der Waals surface area contributed by atoms with Crippen LogP contribution in [0.3, 0.4) is 0 Å². The third-order valence-corrected chi connectivity index (χ3v) is 5.63. The number of methoxy groups -OCH3 is 3. The van der Waals surface area contributed by atoms with Crippen LogP contribution in [0.15, 0.2) is 17.1 Å². The fraction of sp³-hybridized carbons (Fsp3) is 0.611. The fourth-order valence-electron chi connectivity index (χ4n) is 2.87. The first kappa shape index (κ1) is 23.0. The number of halogens is 1. The predicted molar refractivity (Wildman–Crippen MR) is 120 cm³/mol. The van der Waals surface area contributed by atoms with E-state index in [-0.39, 0.29) is 24.0 Å². The minimum atomic E-state index is 0. The Hall–Kier alpha value is -1.03. The van der Waals surface area contributed by atoms with Crippen LogP contribution in [-0.2, 0) is 6.42 Å². The smallest absolute Gasteiger partial charge is 0.191 e. The van der Waals surface area contributed by atoms with Gasteiger partial charge in [0.25, 0.3) is 0 Å². The monoisotopic (exact) mass is 495 g/mol. The van der Waals surface area contributed by atoms with Gasteiger partial charge >= 0.3 is 0 Å². The highest BCUT2D eigenvalue weighted by molar-refractivity contribution is 14.0. The van der Waals surface area contributed by atoms with Crippen LogP contribution in [0.25, 0.3) is 0 Å². The number of guanidine groups is 1. The molecular formula is C18H30IN3O3S. The molecule has 0 bridgehead atoms. The predicted octanol–water partition coefficient (Wildman–Crippen LogP) is 2.93. The molecule has 8 heteroatoms. The van der Waals surface area contributed by atoms with Crippen LogP contribution in [0, 0.1) is 0 Å². The standard InChI is InChI=1S/C18H29N3O3S.HI/c1-19-18(21-12-14-6-5-9-25-14)20-8-7-15-16(23-3)10-13(22-2)11-17(15)24-4;/h10-11,14H,5-9,12H2,1-4H3,(H2,19,20,21);1H. The minimum Gasteiger partial charge on any atom is -0.496 e. The highest BCUT2D eigenvalue weighted by Gasteiger charge is 2.16. The van der Waals surface area contributed by atoms with Gasteiger partial charge in [0.1, 0.15) is 17.2 Å². The zero-order chi connectivity index (χ0) is 18.1. The van der Waals surface area contributed by atoms with Crippen molar-refractivity contribution in [3.63, 3.8) is 0 Å². The summed E-state index contributed by atoms with van der Waals surface area (Å²) in [5, 5.41) is 7.46. The van der Waals surface area contributed by atoms with Crippen LogP contribution in [0.1, 0.15) is 18.4 Å². The van der Waals surface area contributed by atoms with Crippen LogP contribution in [0.5, 0.6) is 17.2 Å². The first-order valence-corrected chi connectivity index (χ1v) is 9.61. The number of ether oxygens (including phenoxy) is 3. The summed E-state index contributed by atoms with van der Waals surface area (Å²) in [5.74, 6) is 4.36. The van der Waals surface area contributed by atoms with Crippen molar-refractivity contribution in [3.8, 4) is 17.2 Å². The molecule has 0 aliphatic carbocycles. The normalized spacial score (nSPS) is 16.6. The molecule has 0 spiro atoms. The van der Waals surface area contributed by atoms with Crippen molar-refractivity contribution in [2.75, 3.05) is 47.2 Å². The molecule has 26 heavy (non-hydrogen) atoms. The minimum absolute atomic E-state index is 0. The molecule has 2 rings (SSSR count). The molecule has 0 aromatic heterocycles. The molecule has 6 nitrogen and oxygen atoms in total. The van der Waals surface area contributed by atoms with Crippen molar-refractivity contribution >= 4 is 41.7 Å². The Morgan fingerprint density at radius 2 is 1.85 bits per heavy atom. The van der Waals surface area contributed by atoms with Gasteiger partial charge in [0, 0.05) is 43.1 Å². The van der Waals surface area contributed by atoms with Gasteiger partial charge in [-0.15, -0.1) is 24.0 Å². The number of nitrogens with zero attached hydrogens (tertiary/aromatic N) is 1. The highest BCUT2D eigenvalue weighted by atomic mass is 127. The Kier molecular flexibility index (Phi) is 11.0. The van der Waals surface area contributed by atoms with Crippen LogP contribution in [0.4, 0.5) is 0 Å². The average Bonchev–Trinajstić information content (AvgIpc) is 3.17. The summed E-state index contributed by atoms with van der Waals surface area (Å²) in [6, 6.07) is 3.75. The van der Waals surface area contributed by atoms with E-state index in [2.05, 4.69) is 15.6 Å². The molecule has 1 unspecified atom stereocenters. The highest BCUT2D eigenvalue weighted by Crippen LogP contribution is 2.34. The van der Waals surface area contributed by atoms with Crippen LogP contribution in [-0.4, -0.2) is 58.4 Å². The van der Waals surface area contributed by atoms with Crippen LogP contribution in [0.2, 0.25) is 0 Å². The average molecular weight is 495 g/mol. The van der Waals surface area contributed by atoms with E-state index >= 15 is 0 Å². The quantitative estimate of drug-likeness (QED) is 0.329. The SMILES string of the molecule is CN=C(NCCc1c(OC)cc(OC)cc1OC)NCC1CCCS1.I. The van der Waals surface area contributed by atoms with Crippen LogP contribution < -0.4 is 24.8 Å². The topological polar surface area (TPSA) is 64.1 Å². The molecule has 1 heterocycles. The number of aliphatic imine (C=N–C) groups is 1. The molecule has 2 N–H and O–H groups in total. The number of benzene rings is 1. The zero-order valence-electron chi connectivity index (χ0n) is 16.0. The Bertz CT molecular complexity index is 556. The molecular weight excluding hydrogens is 465 g/mol. The summed E-state index contributed by atoms with van der Waals surface area (Å²) in [7, 11) is 6.75. The van der Waals surface area contributed by atoms with Gasteiger partial charge in [-0.25, -0.2) is 0 Å². The molecule has 1 aromatic rings. The van der Waals surface area contributed by atoms with Crippen LogP contribution >= 0.6 is 35.7 Å². The second-order valence-electron chi connectivity index (χ2n) is 5.78. The first-order valence-electron chi connectivity index (χ1n) is 8.56. The summed E-state index contributed by atoms with van der Waals surface area (Å²) in [6.45, 7) is 1.69. The van der Waals surface area contributed by atoms with E-state index in [1.807, 2.05) is 23.9 Å². The van der Waals surface area contributed by atoms with Gasteiger partial charge in [0.15, 0.2) is 5.96 Å². The third-order valence-electron chi connectivity index (χ3n) is 4.23. The number of hydrogen-bond donors (Lipinski definition) is 2. The molecule has 148 valence electrons. The summed E-state index contributed by atoms with van der Waals surface area (Å²) in [4.78, 5) is 4.30. The lowest BCUT2D eigenvalue weighted by molar-refractivity contribution is 0.368. The number of rotatable bonds is 8. The van der Waals surface area contributed by atoms with Gasteiger partial charge in [0.2, 0.25) is 0 Å². The fourth-order valence-corrected chi connectivity index (χ4v) is 4.07. The van der Waals surface area contributed by atoms with E-state index in [4.69, 9.17) is 14.2 Å². The molecule has 1 aliphatic heterocycles. The second kappa shape index (κ2) is 12.4. The Morgan fingerprint density at radius 1 is 1.15 bits per heavy atom. The zero-order valence-corrected chi connectivity index (χ0v) is 19.1. The van der Waals surface area contributed by atoms with Crippen molar-refractivity contribution < 1.29 is 14.2 Å². The number of hydrogen-bond acceptors (Lipinski definition) is 5. The van der Waals surface area contributed by atoms with E-state index in [1.54, 1.807) is 28.4 Å². The Balaban J connectivity index is 0.00000338. The summed E-state index contributed by atoms with van der Waals surface area (Å²) in [6.07, 6.45) is 3.37. The van der Waals surface area contributed by atoms with Gasteiger partial charge < -0.3 is 24.8 Å². The third kappa shape index (κ3) is 6.61. The Labute approximate surface area is 177 Å². The maximum Gasteiger partial charge on any atom is 0.191 e. The second-order valence-corrected chi connectivity index (χ2v) is 7.18. The lowest BCUT2D eigenvalue weighted by Gasteiger charge is -2.17. The lowest BCUT2D eigenvalue weighted by Crippen LogP contribution is -2.40. The van der Waals surface area contributed by atoms with Gasteiger partial charge in [-0.05, 0) is 25.0 Å². The molecule has 1 fully saturated rings. The molecule has 1 aliphatic rings. The summed E-state index contributed by atoms with van der Waals surface area (Å²) < 4.78 is 16.3. The Morgan fingerprint density at radius 3 is 2.35 bits per heavy atom. The maximum absolute atomic E-state index is 5.49. The number of nitrogens with one attached hydrogen (secondary N) is 2. The largest absolute Gasteiger partial charge is 0.496 e. The van der Waals surface area contributed by atoms with Gasteiger partial charge in [0.05, 0.1) is 21.3 Å². The summed E-state index contributed by atoms with van der Waals surface area (Å²) in [5.41, 5.74) is 1.01.